The van der Waals surface area contributed by atoms with E-state index in [0.29, 0.717) is 31.3 Å². The van der Waals surface area contributed by atoms with Gasteiger partial charge in [-0.25, -0.2) is 0 Å². The Balaban J connectivity index is 1.71. The first-order chi connectivity index (χ1) is 10.3. The molecule has 0 atom stereocenters. The van der Waals surface area contributed by atoms with Gasteiger partial charge >= 0.3 is 0 Å². The molecule has 1 fully saturated rings. The lowest BCUT2D eigenvalue weighted by Crippen LogP contribution is -2.33. The Morgan fingerprint density at radius 3 is 3.10 bits per heavy atom. The molecule has 21 heavy (non-hydrogen) atoms. The average molecular weight is 289 g/mol. The van der Waals surface area contributed by atoms with Gasteiger partial charge in [-0.2, -0.15) is 5.10 Å². The molecule has 1 N–H and O–H groups in total. The number of aromatic amines is 1. The minimum absolute atomic E-state index is 0.105. The highest BCUT2D eigenvalue weighted by Crippen LogP contribution is 2.39. The molecule has 1 amide bonds. The minimum Gasteiger partial charge on any atom is -0.467 e. The van der Waals surface area contributed by atoms with E-state index in [2.05, 4.69) is 10.2 Å². The van der Waals surface area contributed by atoms with Gasteiger partial charge in [0.15, 0.2) is 0 Å². The van der Waals surface area contributed by atoms with Crippen molar-refractivity contribution in [3.63, 3.8) is 0 Å². The van der Waals surface area contributed by atoms with Gasteiger partial charge in [-0.05, 0) is 31.0 Å². The molecule has 1 saturated carbocycles. The van der Waals surface area contributed by atoms with Crippen molar-refractivity contribution in [1.82, 2.24) is 15.1 Å². The van der Waals surface area contributed by atoms with Gasteiger partial charge in [0.1, 0.15) is 11.5 Å². The fourth-order valence-electron chi connectivity index (χ4n) is 2.26. The van der Waals surface area contributed by atoms with Crippen LogP contribution in [0.15, 0.2) is 28.9 Å². The molecule has 1 aliphatic rings. The fourth-order valence-corrected chi connectivity index (χ4v) is 2.26. The minimum atomic E-state index is -0.105. The third kappa shape index (κ3) is 3.33. The molecule has 3 rings (SSSR count). The van der Waals surface area contributed by atoms with Crippen molar-refractivity contribution in [2.24, 2.45) is 0 Å². The number of carbonyl (C=O) groups is 1. The summed E-state index contributed by atoms with van der Waals surface area (Å²) in [4.78, 5) is 14.3. The quantitative estimate of drug-likeness (QED) is 0.848. The Morgan fingerprint density at radius 2 is 2.43 bits per heavy atom. The maximum Gasteiger partial charge on any atom is 0.274 e. The molecule has 0 unspecified atom stereocenters. The van der Waals surface area contributed by atoms with Crippen LogP contribution in [0.1, 0.15) is 40.7 Å². The lowest BCUT2D eigenvalue weighted by atomic mass is 10.2. The van der Waals surface area contributed by atoms with Crippen LogP contribution in [0, 0.1) is 0 Å². The number of nitrogens with zero attached hydrogens (tertiary/aromatic N) is 2. The molecular formula is C15H19N3O3. The predicted octanol–water partition coefficient (Wildman–Crippen LogP) is 2.17. The number of amides is 1. The Hall–Kier alpha value is -2.08. The summed E-state index contributed by atoms with van der Waals surface area (Å²) >= 11 is 0. The van der Waals surface area contributed by atoms with Gasteiger partial charge in [0.25, 0.3) is 5.91 Å². The molecule has 2 heterocycles. The Labute approximate surface area is 123 Å². The van der Waals surface area contributed by atoms with Crippen LogP contribution in [0.5, 0.6) is 0 Å². The predicted molar refractivity (Wildman–Crippen MR) is 75.9 cm³/mol. The zero-order valence-corrected chi connectivity index (χ0v) is 12.0. The zero-order valence-electron chi connectivity index (χ0n) is 12.0. The molecule has 1 aliphatic carbocycles. The summed E-state index contributed by atoms with van der Waals surface area (Å²) in [5.41, 5.74) is 1.52. The molecule has 0 bridgehead atoms. The number of hydrogen-bond acceptors (Lipinski definition) is 4. The molecule has 6 heteroatoms. The second-order valence-electron chi connectivity index (χ2n) is 5.28. The van der Waals surface area contributed by atoms with E-state index in [1.165, 1.54) is 12.8 Å². The van der Waals surface area contributed by atoms with E-state index in [-0.39, 0.29) is 5.91 Å². The molecule has 2 aromatic heterocycles. The number of ether oxygens (including phenoxy) is 1. The lowest BCUT2D eigenvalue weighted by molar-refractivity contribution is 0.0660. The maximum absolute atomic E-state index is 12.6. The summed E-state index contributed by atoms with van der Waals surface area (Å²) in [7, 11) is 1.62. The molecule has 112 valence electrons. The third-order valence-electron chi connectivity index (χ3n) is 3.61. The van der Waals surface area contributed by atoms with Gasteiger partial charge in [0, 0.05) is 25.3 Å². The summed E-state index contributed by atoms with van der Waals surface area (Å²) in [5, 5.41) is 7.11. The fraction of sp³-hybridized carbons (Fsp3) is 0.467. The van der Waals surface area contributed by atoms with E-state index in [0.717, 1.165) is 11.5 Å². The van der Waals surface area contributed by atoms with Crippen LogP contribution in [0.2, 0.25) is 0 Å². The van der Waals surface area contributed by atoms with Crippen molar-refractivity contribution in [3.8, 4) is 0 Å². The number of nitrogens with one attached hydrogen (secondary N) is 1. The van der Waals surface area contributed by atoms with Crippen molar-refractivity contribution in [1.29, 1.82) is 0 Å². The van der Waals surface area contributed by atoms with E-state index in [1.807, 2.05) is 18.2 Å². The number of H-pyrrole nitrogens is 1. The zero-order chi connectivity index (χ0) is 14.7. The van der Waals surface area contributed by atoms with E-state index < -0.39 is 0 Å². The lowest BCUT2D eigenvalue weighted by Gasteiger charge is -2.20. The summed E-state index contributed by atoms with van der Waals surface area (Å²) in [6.45, 7) is 1.40. The van der Waals surface area contributed by atoms with Crippen LogP contribution in [0.4, 0.5) is 0 Å². The standard InChI is InChI=1S/C15H19N3O3/c1-20-8-6-18(10-12-3-2-7-21-12)15(19)14-9-13(16-17-14)11-4-5-11/h2-3,7,9,11H,4-6,8,10H2,1H3,(H,16,17). The first kappa shape index (κ1) is 13.9. The van der Waals surface area contributed by atoms with Crippen LogP contribution in [0.25, 0.3) is 0 Å². The number of methoxy groups -OCH3 is 1. The van der Waals surface area contributed by atoms with Crippen molar-refractivity contribution in [2.75, 3.05) is 20.3 Å². The second-order valence-corrected chi connectivity index (χ2v) is 5.28. The number of aromatic nitrogens is 2. The molecule has 0 aromatic carbocycles. The van der Waals surface area contributed by atoms with Crippen molar-refractivity contribution >= 4 is 5.91 Å². The normalized spacial score (nSPS) is 14.3. The van der Waals surface area contributed by atoms with Crippen molar-refractivity contribution < 1.29 is 13.9 Å². The molecule has 0 aliphatic heterocycles. The Bertz CT molecular complexity index is 587. The number of furan rings is 1. The summed E-state index contributed by atoms with van der Waals surface area (Å²) in [6, 6.07) is 5.53. The van der Waals surface area contributed by atoms with Gasteiger partial charge in [-0.1, -0.05) is 0 Å². The smallest absolute Gasteiger partial charge is 0.274 e. The first-order valence-corrected chi connectivity index (χ1v) is 7.14. The van der Waals surface area contributed by atoms with Crippen LogP contribution >= 0.6 is 0 Å². The van der Waals surface area contributed by atoms with E-state index in [9.17, 15) is 4.79 Å². The molecule has 0 radical (unpaired) electrons. The van der Waals surface area contributed by atoms with Crippen LogP contribution in [-0.4, -0.2) is 41.3 Å². The van der Waals surface area contributed by atoms with Crippen LogP contribution in [0.3, 0.4) is 0 Å². The van der Waals surface area contributed by atoms with Crippen LogP contribution < -0.4 is 0 Å². The molecular weight excluding hydrogens is 270 g/mol. The maximum atomic E-state index is 12.6. The number of hydrogen-bond donors (Lipinski definition) is 1. The van der Waals surface area contributed by atoms with Gasteiger partial charge in [-0.15, -0.1) is 0 Å². The molecule has 0 spiro atoms. The number of rotatable bonds is 7. The summed E-state index contributed by atoms with van der Waals surface area (Å²) in [6.07, 6.45) is 3.96. The van der Waals surface area contributed by atoms with Gasteiger partial charge < -0.3 is 14.1 Å². The van der Waals surface area contributed by atoms with Crippen molar-refractivity contribution in [2.45, 2.75) is 25.3 Å². The largest absolute Gasteiger partial charge is 0.467 e. The second kappa shape index (κ2) is 6.13. The van der Waals surface area contributed by atoms with Gasteiger partial charge in [0.2, 0.25) is 0 Å². The highest BCUT2D eigenvalue weighted by molar-refractivity contribution is 5.92. The van der Waals surface area contributed by atoms with E-state index in [4.69, 9.17) is 9.15 Å². The van der Waals surface area contributed by atoms with Crippen LogP contribution in [-0.2, 0) is 11.3 Å². The summed E-state index contributed by atoms with van der Waals surface area (Å²) in [5.74, 6) is 1.19. The first-order valence-electron chi connectivity index (χ1n) is 7.14. The van der Waals surface area contributed by atoms with Crippen molar-refractivity contribution in [3.05, 3.63) is 41.6 Å². The number of carbonyl (C=O) groups excluding carboxylic acids is 1. The Morgan fingerprint density at radius 1 is 1.57 bits per heavy atom. The highest BCUT2D eigenvalue weighted by atomic mass is 16.5. The van der Waals surface area contributed by atoms with Gasteiger partial charge in [0.05, 0.1) is 19.4 Å². The summed E-state index contributed by atoms with van der Waals surface area (Å²) < 4.78 is 10.4. The topological polar surface area (TPSA) is 71.4 Å². The molecule has 0 saturated heterocycles. The van der Waals surface area contributed by atoms with E-state index in [1.54, 1.807) is 18.3 Å². The Kier molecular flexibility index (Phi) is 4.06. The third-order valence-corrected chi connectivity index (χ3v) is 3.61. The van der Waals surface area contributed by atoms with E-state index >= 15 is 0 Å². The monoisotopic (exact) mass is 289 g/mol. The van der Waals surface area contributed by atoms with Gasteiger partial charge in [-0.3, -0.25) is 9.89 Å². The SMILES string of the molecule is COCCN(Cc1ccco1)C(=O)c1cc(C2CC2)[nH]n1. The molecule has 6 nitrogen and oxygen atoms in total. The molecule has 2 aromatic rings. The highest BCUT2D eigenvalue weighted by Gasteiger charge is 2.27. The average Bonchev–Trinajstić information content (AvgIpc) is 3.03.